The predicted octanol–water partition coefficient (Wildman–Crippen LogP) is 3.35. The van der Waals surface area contributed by atoms with Crippen molar-refractivity contribution < 1.29 is 19.0 Å². The van der Waals surface area contributed by atoms with Gasteiger partial charge in [0.25, 0.3) is 0 Å². The topological polar surface area (TPSA) is 91.6 Å². The van der Waals surface area contributed by atoms with Gasteiger partial charge in [0.1, 0.15) is 5.75 Å². The molecule has 1 atom stereocenters. The van der Waals surface area contributed by atoms with Gasteiger partial charge in [0.15, 0.2) is 11.5 Å². The first-order valence-electron chi connectivity index (χ1n) is 11.4. The number of aromatic nitrogens is 4. The molecule has 3 heterocycles. The van der Waals surface area contributed by atoms with E-state index in [1.165, 1.54) is 11.8 Å². The maximum atomic E-state index is 13.2. The van der Waals surface area contributed by atoms with Crippen molar-refractivity contribution in [1.82, 2.24) is 25.1 Å². The van der Waals surface area contributed by atoms with Crippen LogP contribution < -0.4 is 14.2 Å². The fourth-order valence-corrected chi connectivity index (χ4v) is 5.07. The lowest BCUT2D eigenvalue weighted by molar-refractivity contribution is -0.129. The molecular formula is C24H27N5O4S. The third-order valence-corrected chi connectivity index (χ3v) is 6.99. The Morgan fingerprint density at radius 3 is 2.76 bits per heavy atom. The zero-order chi connectivity index (χ0) is 23.3. The minimum Gasteiger partial charge on any atom is -0.497 e. The van der Waals surface area contributed by atoms with Gasteiger partial charge in [-0.25, -0.2) is 4.68 Å². The average Bonchev–Trinajstić information content (AvgIpc) is 3.47. The van der Waals surface area contributed by atoms with Crippen molar-refractivity contribution in [2.45, 2.75) is 37.0 Å². The number of hydrogen-bond donors (Lipinski definition) is 0. The second-order valence-corrected chi connectivity index (χ2v) is 9.20. The normalized spacial score (nSPS) is 17.4. The van der Waals surface area contributed by atoms with Crippen LogP contribution in [0, 0.1) is 0 Å². The highest BCUT2D eigenvalue weighted by atomic mass is 32.2. The molecule has 9 nitrogen and oxygen atoms in total. The highest BCUT2D eigenvalue weighted by Crippen LogP contribution is 2.38. The number of thioether (sulfide) groups is 1. The summed E-state index contributed by atoms with van der Waals surface area (Å²) in [5.41, 5.74) is 2.14. The van der Waals surface area contributed by atoms with Crippen LogP contribution in [0.15, 0.2) is 47.6 Å². The van der Waals surface area contributed by atoms with E-state index in [1.807, 2.05) is 47.4 Å². The van der Waals surface area contributed by atoms with E-state index in [2.05, 4.69) is 15.5 Å². The molecule has 0 radical (unpaired) electrons. The SMILES string of the molecule is COc1ccc(Cn2nnnc2SCC(=O)N2CCC[C@@H]2c2ccc3c(c2)OCCCO3)cc1. The Morgan fingerprint density at radius 2 is 1.94 bits per heavy atom. The Morgan fingerprint density at radius 1 is 1.12 bits per heavy atom. The number of carbonyl (C=O) groups excluding carboxylic acids is 1. The maximum absolute atomic E-state index is 13.2. The lowest BCUT2D eigenvalue weighted by Crippen LogP contribution is -2.32. The number of carbonyl (C=O) groups is 1. The maximum Gasteiger partial charge on any atom is 0.233 e. The molecule has 0 saturated carbocycles. The predicted molar refractivity (Wildman–Crippen MR) is 126 cm³/mol. The van der Waals surface area contributed by atoms with Crippen molar-refractivity contribution in [3.05, 3.63) is 53.6 Å². The van der Waals surface area contributed by atoms with Gasteiger partial charge >= 0.3 is 0 Å². The zero-order valence-corrected chi connectivity index (χ0v) is 19.9. The van der Waals surface area contributed by atoms with Gasteiger partial charge in [-0.2, -0.15) is 0 Å². The fraction of sp³-hybridized carbons (Fsp3) is 0.417. The van der Waals surface area contributed by atoms with Crippen LogP contribution >= 0.6 is 11.8 Å². The van der Waals surface area contributed by atoms with Gasteiger partial charge in [0.2, 0.25) is 11.1 Å². The number of nitrogens with zero attached hydrogens (tertiary/aromatic N) is 5. The molecule has 0 bridgehead atoms. The Bertz CT molecular complexity index is 1140. The molecule has 1 fully saturated rings. The number of ether oxygens (including phenoxy) is 3. The molecular weight excluding hydrogens is 454 g/mol. The smallest absolute Gasteiger partial charge is 0.233 e. The van der Waals surface area contributed by atoms with Gasteiger partial charge in [-0.05, 0) is 58.7 Å². The molecule has 2 aromatic carbocycles. The van der Waals surface area contributed by atoms with Crippen LogP contribution in [0.4, 0.5) is 0 Å². The molecule has 0 aliphatic carbocycles. The van der Waals surface area contributed by atoms with Gasteiger partial charge in [-0.1, -0.05) is 30.0 Å². The van der Waals surface area contributed by atoms with Gasteiger partial charge in [-0.15, -0.1) is 5.10 Å². The lowest BCUT2D eigenvalue weighted by Gasteiger charge is -2.25. The van der Waals surface area contributed by atoms with Crippen LogP contribution in [0.3, 0.4) is 0 Å². The minimum absolute atomic E-state index is 0.0422. The van der Waals surface area contributed by atoms with E-state index >= 15 is 0 Å². The van der Waals surface area contributed by atoms with Gasteiger partial charge < -0.3 is 19.1 Å². The summed E-state index contributed by atoms with van der Waals surface area (Å²) in [5, 5.41) is 12.6. The summed E-state index contributed by atoms with van der Waals surface area (Å²) in [5.74, 6) is 2.70. The second kappa shape index (κ2) is 10.3. The number of benzene rings is 2. The van der Waals surface area contributed by atoms with Crippen molar-refractivity contribution in [2.75, 3.05) is 32.6 Å². The third-order valence-electron chi connectivity index (χ3n) is 6.04. The van der Waals surface area contributed by atoms with E-state index in [1.54, 1.807) is 11.8 Å². The quantitative estimate of drug-likeness (QED) is 0.475. The average molecular weight is 482 g/mol. The molecule has 178 valence electrons. The van der Waals surface area contributed by atoms with E-state index in [4.69, 9.17) is 14.2 Å². The highest BCUT2D eigenvalue weighted by Gasteiger charge is 2.31. The number of tetrazole rings is 1. The van der Waals surface area contributed by atoms with Crippen LogP contribution in [0.2, 0.25) is 0 Å². The molecule has 2 aliphatic rings. The van der Waals surface area contributed by atoms with Crippen molar-refractivity contribution in [2.24, 2.45) is 0 Å². The first kappa shape index (κ1) is 22.5. The molecule has 0 unspecified atom stereocenters. The molecule has 5 rings (SSSR count). The van der Waals surface area contributed by atoms with Crippen molar-refractivity contribution in [1.29, 1.82) is 0 Å². The van der Waals surface area contributed by atoms with Crippen LogP contribution in [0.5, 0.6) is 17.2 Å². The first-order chi connectivity index (χ1) is 16.7. The molecule has 0 spiro atoms. The lowest BCUT2D eigenvalue weighted by atomic mass is 10.0. The minimum atomic E-state index is 0.0422. The van der Waals surface area contributed by atoms with Crippen molar-refractivity contribution in [3.63, 3.8) is 0 Å². The zero-order valence-electron chi connectivity index (χ0n) is 19.1. The number of fused-ring (bicyclic) bond motifs is 1. The summed E-state index contributed by atoms with van der Waals surface area (Å²) < 4.78 is 18.5. The van der Waals surface area contributed by atoms with Gasteiger partial charge in [0.05, 0.1) is 38.7 Å². The summed E-state index contributed by atoms with van der Waals surface area (Å²) in [7, 11) is 1.64. The van der Waals surface area contributed by atoms with E-state index in [0.29, 0.717) is 24.9 Å². The molecule has 1 aromatic heterocycles. The number of hydrogen-bond acceptors (Lipinski definition) is 8. The summed E-state index contributed by atoms with van der Waals surface area (Å²) >= 11 is 1.36. The van der Waals surface area contributed by atoms with Crippen LogP contribution in [-0.4, -0.2) is 63.6 Å². The fourth-order valence-electron chi connectivity index (χ4n) is 4.31. The van der Waals surface area contributed by atoms with Gasteiger partial charge in [-0.3, -0.25) is 4.79 Å². The molecule has 10 heteroatoms. The standard InChI is InChI=1S/C24H27N5O4S/c1-31-19-8-5-17(6-9-19)15-29-24(25-26-27-29)34-16-23(30)28-11-2-4-20(28)18-7-10-21-22(14-18)33-13-3-12-32-21/h5-10,14,20H,2-4,11-13,15-16H2,1H3/t20-/m1/s1. The largest absolute Gasteiger partial charge is 0.497 e. The summed E-state index contributed by atoms with van der Waals surface area (Å²) in [6.07, 6.45) is 2.78. The summed E-state index contributed by atoms with van der Waals surface area (Å²) in [6.45, 7) is 2.58. The van der Waals surface area contributed by atoms with Crippen LogP contribution in [0.1, 0.15) is 36.4 Å². The van der Waals surface area contributed by atoms with Crippen LogP contribution in [-0.2, 0) is 11.3 Å². The third kappa shape index (κ3) is 4.96. The molecule has 0 N–H and O–H groups in total. The van der Waals surface area contributed by atoms with E-state index in [9.17, 15) is 4.79 Å². The summed E-state index contributed by atoms with van der Waals surface area (Å²) in [6, 6.07) is 13.8. The Kier molecular flexibility index (Phi) is 6.84. The highest BCUT2D eigenvalue weighted by molar-refractivity contribution is 7.99. The van der Waals surface area contributed by atoms with Gasteiger partial charge in [0, 0.05) is 13.0 Å². The second-order valence-electron chi connectivity index (χ2n) is 8.26. The Hall–Kier alpha value is -3.27. The number of rotatable bonds is 7. The van der Waals surface area contributed by atoms with Crippen molar-refractivity contribution >= 4 is 17.7 Å². The summed E-state index contributed by atoms with van der Waals surface area (Å²) in [4.78, 5) is 15.1. The number of likely N-dealkylation sites (tertiary alicyclic amines) is 1. The Labute approximate surface area is 202 Å². The van der Waals surface area contributed by atoms with E-state index in [0.717, 1.165) is 54.2 Å². The molecule has 3 aromatic rings. The molecule has 34 heavy (non-hydrogen) atoms. The van der Waals surface area contributed by atoms with Crippen LogP contribution in [0.25, 0.3) is 0 Å². The molecule has 1 amide bonds. The molecule has 2 aliphatic heterocycles. The van der Waals surface area contributed by atoms with E-state index < -0.39 is 0 Å². The Balaban J connectivity index is 1.23. The number of methoxy groups -OCH3 is 1. The first-order valence-corrected chi connectivity index (χ1v) is 12.4. The van der Waals surface area contributed by atoms with Crippen molar-refractivity contribution in [3.8, 4) is 17.2 Å². The van der Waals surface area contributed by atoms with E-state index in [-0.39, 0.29) is 17.7 Å². The number of amides is 1. The molecule has 1 saturated heterocycles. The monoisotopic (exact) mass is 481 g/mol.